The van der Waals surface area contributed by atoms with Crippen molar-refractivity contribution in [1.29, 1.82) is 0 Å². The van der Waals surface area contributed by atoms with Crippen LogP contribution in [-0.2, 0) is 11.2 Å². The molecule has 0 unspecified atom stereocenters. The smallest absolute Gasteiger partial charge is 0.222 e. The first kappa shape index (κ1) is 12.8. The molecular formula is C14H21NO. The van der Waals surface area contributed by atoms with Crippen LogP contribution in [0.1, 0.15) is 31.4 Å². The van der Waals surface area contributed by atoms with E-state index in [2.05, 4.69) is 36.5 Å². The van der Waals surface area contributed by atoms with Gasteiger partial charge in [0.05, 0.1) is 0 Å². The molecule has 0 radical (unpaired) electrons. The average molecular weight is 219 g/mol. The molecule has 0 fully saturated rings. The Morgan fingerprint density at radius 2 is 2.12 bits per heavy atom. The van der Waals surface area contributed by atoms with Crippen LogP contribution in [-0.4, -0.2) is 12.5 Å². The molecule has 1 aromatic rings. The zero-order valence-electron chi connectivity index (χ0n) is 10.4. The number of benzene rings is 1. The minimum Gasteiger partial charge on any atom is -0.356 e. The van der Waals surface area contributed by atoms with Gasteiger partial charge >= 0.3 is 0 Å². The summed E-state index contributed by atoms with van der Waals surface area (Å²) in [6.45, 7) is 6.70. The highest BCUT2D eigenvalue weighted by Gasteiger charge is 2.04. The second-order valence-corrected chi connectivity index (χ2v) is 4.54. The van der Waals surface area contributed by atoms with Gasteiger partial charge in [0.15, 0.2) is 0 Å². The molecule has 0 atom stereocenters. The molecule has 2 nitrogen and oxygen atoms in total. The van der Waals surface area contributed by atoms with Crippen LogP contribution in [0.3, 0.4) is 0 Å². The summed E-state index contributed by atoms with van der Waals surface area (Å²) in [7, 11) is 0. The Bertz CT molecular complexity index is 344. The van der Waals surface area contributed by atoms with Crippen molar-refractivity contribution < 1.29 is 4.79 Å². The molecule has 0 aliphatic heterocycles. The lowest BCUT2D eigenvalue weighted by molar-refractivity contribution is -0.123. The molecule has 0 heterocycles. The zero-order chi connectivity index (χ0) is 12.0. The van der Waals surface area contributed by atoms with Gasteiger partial charge in [0.1, 0.15) is 0 Å². The standard InChI is InChI=1S/C14H21NO/c1-11(2)14(16)15-9-5-8-13-7-4-6-12(3)10-13/h4,6-7,10-11H,5,8-9H2,1-3H3,(H,15,16). The number of carbonyl (C=O) groups is 1. The van der Waals surface area contributed by atoms with Crippen molar-refractivity contribution in [2.45, 2.75) is 33.6 Å². The Morgan fingerprint density at radius 1 is 1.38 bits per heavy atom. The maximum Gasteiger partial charge on any atom is 0.222 e. The maximum atomic E-state index is 11.3. The van der Waals surface area contributed by atoms with Gasteiger partial charge in [-0.3, -0.25) is 4.79 Å². The van der Waals surface area contributed by atoms with E-state index >= 15 is 0 Å². The van der Waals surface area contributed by atoms with E-state index in [9.17, 15) is 4.79 Å². The molecule has 1 amide bonds. The van der Waals surface area contributed by atoms with Crippen LogP contribution in [0, 0.1) is 12.8 Å². The molecule has 1 N–H and O–H groups in total. The van der Waals surface area contributed by atoms with Gasteiger partial charge in [-0.05, 0) is 25.3 Å². The van der Waals surface area contributed by atoms with E-state index < -0.39 is 0 Å². The monoisotopic (exact) mass is 219 g/mol. The highest BCUT2D eigenvalue weighted by molar-refractivity contribution is 5.77. The fourth-order valence-electron chi connectivity index (χ4n) is 1.58. The lowest BCUT2D eigenvalue weighted by Crippen LogP contribution is -2.28. The van der Waals surface area contributed by atoms with E-state index in [-0.39, 0.29) is 11.8 Å². The molecule has 2 heteroatoms. The number of rotatable bonds is 5. The Hall–Kier alpha value is -1.31. The van der Waals surface area contributed by atoms with Crippen LogP contribution >= 0.6 is 0 Å². The minimum absolute atomic E-state index is 0.0824. The summed E-state index contributed by atoms with van der Waals surface area (Å²) in [5.41, 5.74) is 2.64. The zero-order valence-corrected chi connectivity index (χ0v) is 10.4. The Labute approximate surface area is 98.1 Å². The van der Waals surface area contributed by atoms with E-state index in [0.717, 1.165) is 19.4 Å². The molecule has 1 aromatic carbocycles. The average Bonchev–Trinajstić information content (AvgIpc) is 2.24. The fourth-order valence-corrected chi connectivity index (χ4v) is 1.58. The first-order valence-electron chi connectivity index (χ1n) is 5.93. The quantitative estimate of drug-likeness (QED) is 0.758. The van der Waals surface area contributed by atoms with Crippen LogP contribution in [0.2, 0.25) is 0 Å². The van der Waals surface area contributed by atoms with Gasteiger partial charge in [-0.2, -0.15) is 0 Å². The summed E-state index contributed by atoms with van der Waals surface area (Å²) >= 11 is 0. The third-order valence-electron chi connectivity index (χ3n) is 2.55. The lowest BCUT2D eigenvalue weighted by Gasteiger charge is -2.07. The van der Waals surface area contributed by atoms with Crippen LogP contribution in [0.4, 0.5) is 0 Å². The topological polar surface area (TPSA) is 29.1 Å². The van der Waals surface area contributed by atoms with E-state index in [0.29, 0.717) is 0 Å². The summed E-state index contributed by atoms with van der Waals surface area (Å²) < 4.78 is 0. The van der Waals surface area contributed by atoms with Gasteiger partial charge in [0.2, 0.25) is 5.91 Å². The molecule has 88 valence electrons. The summed E-state index contributed by atoms with van der Waals surface area (Å²) in [4.78, 5) is 11.3. The predicted molar refractivity (Wildman–Crippen MR) is 67.3 cm³/mol. The number of aryl methyl sites for hydroxylation is 2. The highest BCUT2D eigenvalue weighted by Crippen LogP contribution is 2.06. The van der Waals surface area contributed by atoms with Crippen molar-refractivity contribution in [3.05, 3.63) is 35.4 Å². The van der Waals surface area contributed by atoms with E-state index in [1.807, 2.05) is 13.8 Å². The molecule has 1 rings (SSSR count). The minimum atomic E-state index is 0.0824. The number of hydrogen-bond acceptors (Lipinski definition) is 1. The second kappa shape index (κ2) is 6.31. The van der Waals surface area contributed by atoms with Crippen molar-refractivity contribution in [2.24, 2.45) is 5.92 Å². The van der Waals surface area contributed by atoms with Gasteiger partial charge in [-0.15, -0.1) is 0 Å². The van der Waals surface area contributed by atoms with E-state index in [1.54, 1.807) is 0 Å². The molecule has 0 bridgehead atoms. The molecule has 0 aromatic heterocycles. The Kier molecular flexibility index (Phi) is 5.03. The summed E-state index contributed by atoms with van der Waals surface area (Å²) in [6, 6.07) is 8.52. The molecular weight excluding hydrogens is 198 g/mol. The number of carbonyl (C=O) groups excluding carboxylic acids is 1. The lowest BCUT2D eigenvalue weighted by atomic mass is 10.1. The van der Waals surface area contributed by atoms with Crippen LogP contribution < -0.4 is 5.32 Å². The number of amides is 1. The fraction of sp³-hybridized carbons (Fsp3) is 0.500. The van der Waals surface area contributed by atoms with Crippen molar-refractivity contribution in [2.75, 3.05) is 6.54 Å². The van der Waals surface area contributed by atoms with Gasteiger partial charge in [0, 0.05) is 12.5 Å². The number of nitrogens with one attached hydrogen (secondary N) is 1. The molecule has 0 aliphatic carbocycles. The molecule has 0 saturated heterocycles. The van der Waals surface area contributed by atoms with Crippen LogP contribution in [0.5, 0.6) is 0 Å². The molecule has 16 heavy (non-hydrogen) atoms. The van der Waals surface area contributed by atoms with Gasteiger partial charge in [0.25, 0.3) is 0 Å². The Morgan fingerprint density at radius 3 is 2.75 bits per heavy atom. The third kappa shape index (κ3) is 4.47. The third-order valence-corrected chi connectivity index (χ3v) is 2.55. The normalized spacial score (nSPS) is 10.5. The first-order valence-corrected chi connectivity index (χ1v) is 5.93. The predicted octanol–water partition coefficient (Wildman–Crippen LogP) is 2.70. The SMILES string of the molecule is Cc1cccc(CCCNC(=O)C(C)C)c1. The highest BCUT2D eigenvalue weighted by atomic mass is 16.1. The van der Waals surface area contributed by atoms with E-state index in [4.69, 9.17) is 0 Å². The van der Waals surface area contributed by atoms with Crippen LogP contribution in [0.25, 0.3) is 0 Å². The largest absolute Gasteiger partial charge is 0.356 e. The van der Waals surface area contributed by atoms with Gasteiger partial charge < -0.3 is 5.32 Å². The summed E-state index contributed by atoms with van der Waals surface area (Å²) in [6.07, 6.45) is 2.03. The summed E-state index contributed by atoms with van der Waals surface area (Å²) in [5, 5.41) is 2.93. The first-order chi connectivity index (χ1) is 7.59. The molecule has 0 saturated carbocycles. The van der Waals surface area contributed by atoms with Crippen LogP contribution in [0.15, 0.2) is 24.3 Å². The van der Waals surface area contributed by atoms with Crippen molar-refractivity contribution in [1.82, 2.24) is 5.32 Å². The van der Waals surface area contributed by atoms with Crippen molar-refractivity contribution in [3.8, 4) is 0 Å². The molecule has 0 spiro atoms. The van der Waals surface area contributed by atoms with Gasteiger partial charge in [-0.25, -0.2) is 0 Å². The van der Waals surface area contributed by atoms with Crippen molar-refractivity contribution in [3.63, 3.8) is 0 Å². The molecule has 0 aliphatic rings. The number of hydrogen-bond donors (Lipinski definition) is 1. The second-order valence-electron chi connectivity index (χ2n) is 4.54. The Balaban J connectivity index is 2.23. The van der Waals surface area contributed by atoms with Gasteiger partial charge in [-0.1, -0.05) is 43.7 Å². The maximum absolute atomic E-state index is 11.3. The summed E-state index contributed by atoms with van der Waals surface area (Å²) in [5.74, 6) is 0.225. The van der Waals surface area contributed by atoms with E-state index in [1.165, 1.54) is 11.1 Å². The van der Waals surface area contributed by atoms with Crippen molar-refractivity contribution >= 4 is 5.91 Å².